The number of hydrogen-bond donors (Lipinski definition) is 1. The molecular formula is C19H23N3O5. The number of amides is 1. The van der Waals surface area contributed by atoms with Gasteiger partial charge in [-0.2, -0.15) is 5.26 Å². The van der Waals surface area contributed by atoms with Crippen LogP contribution in [0, 0.1) is 27.4 Å². The molecule has 0 aromatic heterocycles. The molecule has 8 heteroatoms. The molecule has 2 rings (SSSR count). The van der Waals surface area contributed by atoms with Crippen molar-refractivity contribution in [3.8, 4) is 17.6 Å². The quantitative estimate of drug-likeness (QED) is 0.354. The molecule has 1 aliphatic carbocycles. The summed E-state index contributed by atoms with van der Waals surface area (Å²) in [5, 5.41) is 23.7. The van der Waals surface area contributed by atoms with Crippen LogP contribution in [0.1, 0.15) is 38.2 Å². The van der Waals surface area contributed by atoms with Gasteiger partial charge >= 0.3 is 0 Å². The number of hydrogen-bond acceptors (Lipinski definition) is 6. The van der Waals surface area contributed by atoms with Gasteiger partial charge in [-0.1, -0.05) is 19.8 Å². The largest absolute Gasteiger partial charge is 0.493 e. The second-order valence-electron chi connectivity index (χ2n) is 6.53. The lowest BCUT2D eigenvalue weighted by atomic mass is 9.86. The smallest absolute Gasteiger partial charge is 0.280 e. The first-order chi connectivity index (χ1) is 12.9. The molecule has 0 heterocycles. The van der Waals surface area contributed by atoms with Gasteiger partial charge in [0, 0.05) is 6.04 Å². The van der Waals surface area contributed by atoms with E-state index in [-0.39, 0.29) is 34.4 Å². The van der Waals surface area contributed by atoms with E-state index in [1.807, 2.05) is 6.07 Å². The Hall–Kier alpha value is -3.08. The van der Waals surface area contributed by atoms with Crippen LogP contribution in [0.15, 0.2) is 17.7 Å². The minimum Gasteiger partial charge on any atom is -0.493 e. The summed E-state index contributed by atoms with van der Waals surface area (Å²) >= 11 is 0. The van der Waals surface area contributed by atoms with E-state index in [1.165, 1.54) is 32.4 Å². The Kier molecular flexibility index (Phi) is 6.77. The minimum atomic E-state index is -0.593. The third-order valence-corrected chi connectivity index (χ3v) is 4.82. The highest BCUT2D eigenvalue weighted by molar-refractivity contribution is 6.02. The van der Waals surface area contributed by atoms with Crippen molar-refractivity contribution >= 4 is 17.7 Å². The van der Waals surface area contributed by atoms with Crippen molar-refractivity contribution in [3.63, 3.8) is 0 Å². The molecule has 0 saturated heterocycles. The van der Waals surface area contributed by atoms with Crippen molar-refractivity contribution in [2.24, 2.45) is 5.92 Å². The van der Waals surface area contributed by atoms with Crippen LogP contribution in [-0.4, -0.2) is 31.1 Å². The summed E-state index contributed by atoms with van der Waals surface area (Å²) in [5.74, 6) is 0.270. The first-order valence-corrected chi connectivity index (χ1v) is 8.74. The number of nitrogens with zero attached hydrogens (tertiary/aromatic N) is 2. The first kappa shape index (κ1) is 20.2. The van der Waals surface area contributed by atoms with Crippen LogP contribution < -0.4 is 14.8 Å². The highest BCUT2D eigenvalue weighted by Crippen LogP contribution is 2.35. The number of nitro groups is 1. The zero-order valence-electron chi connectivity index (χ0n) is 15.7. The van der Waals surface area contributed by atoms with E-state index in [9.17, 15) is 20.2 Å². The monoisotopic (exact) mass is 373 g/mol. The Bertz CT molecular complexity index is 797. The maximum absolute atomic E-state index is 12.5. The molecule has 0 unspecified atom stereocenters. The van der Waals surface area contributed by atoms with E-state index in [2.05, 4.69) is 12.2 Å². The Morgan fingerprint density at radius 3 is 2.48 bits per heavy atom. The fraction of sp³-hybridized carbons (Fsp3) is 0.474. The number of nitrogens with one attached hydrogen (secondary N) is 1. The lowest BCUT2D eigenvalue weighted by Crippen LogP contribution is -2.41. The molecule has 0 spiro atoms. The van der Waals surface area contributed by atoms with E-state index in [0.717, 1.165) is 25.7 Å². The van der Waals surface area contributed by atoms with Gasteiger partial charge in [0.05, 0.1) is 30.8 Å². The predicted octanol–water partition coefficient (Wildman–Crippen LogP) is 3.21. The van der Waals surface area contributed by atoms with Gasteiger partial charge in [-0.3, -0.25) is 14.9 Å². The number of benzene rings is 1. The molecule has 144 valence electrons. The van der Waals surface area contributed by atoms with E-state index in [1.54, 1.807) is 0 Å². The molecular weight excluding hydrogens is 350 g/mol. The zero-order valence-corrected chi connectivity index (χ0v) is 15.7. The summed E-state index contributed by atoms with van der Waals surface area (Å²) in [6, 6.07) is 4.43. The summed E-state index contributed by atoms with van der Waals surface area (Å²) in [4.78, 5) is 23.3. The third kappa shape index (κ3) is 4.76. The predicted molar refractivity (Wildman–Crippen MR) is 99.4 cm³/mol. The molecule has 1 saturated carbocycles. The second-order valence-corrected chi connectivity index (χ2v) is 6.53. The molecule has 0 bridgehead atoms. The number of carbonyl (C=O) groups is 1. The van der Waals surface area contributed by atoms with Gasteiger partial charge in [-0.05, 0) is 30.9 Å². The van der Waals surface area contributed by atoms with Crippen LogP contribution in [0.2, 0.25) is 0 Å². The average Bonchev–Trinajstić information content (AvgIpc) is 2.66. The SMILES string of the molecule is COc1cc(/C=C(\C#N)C(=O)N[C@@H]2CCCC[C@H]2C)c([N+](=O)[O-])cc1OC. The van der Waals surface area contributed by atoms with Crippen LogP contribution in [0.5, 0.6) is 11.5 Å². The van der Waals surface area contributed by atoms with Crippen LogP contribution in [-0.2, 0) is 4.79 Å². The van der Waals surface area contributed by atoms with Gasteiger partial charge in [0.25, 0.3) is 11.6 Å². The van der Waals surface area contributed by atoms with Gasteiger partial charge in [-0.25, -0.2) is 0 Å². The Balaban J connectivity index is 2.37. The van der Waals surface area contributed by atoms with Crippen LogP contribution in [0.25, 0.3) is 6.08 Å². The molecule has 0 radical (unpaired) electrons. The van der Waals surface area contributed by atoms with Crippen molar-refractivity contribution in [1.29, 1.82) is 5.26 Å². The van der Waals surface area contributed by atoms with Crippen LogP contribution >= 0.6 is 0 Å². The molecule has 2 atom stereocenters. The van der Waals surface area contributed by atoms with Crippen LogP contribution in [0.3, 0.4) is 0 Å². The topological polar surface area (TPSA) is 114 Å². The normalized spacial score (nSPS) is 19.7. The molecule has 1 fully saturated rings. The van der Waals surface area contributed by atoms with Crippen molar-refractivity contribution in [2.75, 3.05) is 14.2 Å². The maximum atomic E-state index is 12.5. The fourth-order valence-electron chi connectivity index (χ4n) is 3.24. The highest BCUT2D eigenvalue weighted by Gasteiger charge is 2.25. The average molecular weight is 373 g/mol. The number of carbonyl (C=O) groups excluding carboxylic acids is 1. The Labute approximate surface area is 157 Å². The lowest BCUT2D eigenvalue weighted by Gasteiger charge is -2.29. The van der Waals surface area contributed by atoms with E-state index >= 15 is 0 Å². The third-order valence-electron chi connectivity index (χ3n) is 4.82. The maximum Gasteiger partial charge on any atom is 0.280 e. The van der Waals surface area contributed by atoms with Gasteiger partial charge in [0.1, 0.15) is 11.6 Å². The van der Waals surface area contributed by atoms with E-state index < -0.39 is 10.8 Å². The summed E-state index contributed by atoms with van der Waals surface area (Å²) in [7, 11) is 2.77. The molecule has 27 heavy (non-hydrogen) atoms. The first-order valence-electron chi connectivity index (χ1n) is 8.74. The molecule has 1 N–H and O–H groups in total. The number of nitro benzene ring substituents is 1. The summed E-state index contributed by atoms with van der Waals surface area (Å²) in [5.41, 5.74) is -0.372. The Morgan fingerprint density at radius 1 is 1.30 bits per heavy atom. The van der Waals surface area contributed by atoms with Crippen molar-refractivity contribution < 1.29 is 19.2 Å². The highest BCUT2D eigenvalue weighted by atomic mass is 16.6. The summed E-state index contributed by atoms with van der Waals surface area (Å²) < 4.78 is 10.2. The summed E-state index contributed by atoms with van der Waals surface area (Å²) in [6.07, 6.45) is 5.26. The standard InChI is InChI=1S/C19H23N3O5/c1-12-6-4-5-7-15(12)21-19(23)14(11-20)8-13-9-17(26-2)18(27-3)10-16(13)22(24)25/h8-10,12,15H,4-7H2,1-3H3,(H,21,23)/b14-8+/t12-,15-/m1/s1. The van der Waals surface area contributed by atoms with Crippen molar-refractivity contribution in [2.45, 2.75) is 38.6 Å². The second kappa shape index (κ2) is 9.03. The van der Waals surface area contributed by atoms with Gasteiger partial charge in [-0.15, -0.1) is 0 Å². The molecule has 1 aliphatic rings. The van der Waals surface area contributed by atoms with Crippen molar-refractivity contribution in [1.82, 2.24) is 5.32 Å². The Morgan fingerprint density at radius 2 is 1.93 bits per heavy atom. The lowest BCUT2D eigenvalue weighted by molar-refractivity contribution is -0.385. The minimum absolute atomic E-state index is 0.00314. The number of ether oxygens (including phenoxy) is 2. The summed E-state index contributed by atoms with van der Waals surface area (Å²) in [6.45, 7) is 2.07. The number of nitriles is 1. The van der Waals surface area contributed by atoms with E-state index in [0.29, 0.717) is 5.92 Å². The fourth-order valence-corrected chi connectivity index (χ4v) is 3.24. The molecule has 1 aromatic rings. The van der Waals surface area contributed by atoms with Gasteiger partial charge in [0.15, 0.2) is 11.5 Å². The number of methoxy groups -OCH3 is 2. The van der Waals surface area contributed by atoms with Gasteiger partial charge < -0.3 is 14.8 Å². The molecule has 8 nitrogen and oxygen atoms in total. The van der Waals surface area contributed by atoms with Crippen LogP contribution in [0.4, 0.5) is 5.69 Å². The van der Waals surface area contributed by atoms with Crippen molar-refractivity contribution in [3.05, 3.63) is 33.4 Å². The molecule has 1 aromatic carbocycles. The number of rotatable bonds is 6. The van der Waals surface area contributed by atoms with Gasteiger partial charge in [0.2, 0.25) is 0 Å². The zero-order chi connectivity index (χ0) is 20.0. The molecule has 1 amide bonds. The van der Waals surface area contributed by atoms with E-state index in [4.69, 9.17) is 9.47 Å². The molecule has 0 aliphatic heterocycles.